The van der Waals surface area contributed by atoms with Crippen molar-refractivity contribution in [1.82, 2.24) is 0 Å². The van der Waals surface area contributed by atoms with E-state index >= 15 is 0 Å². The molecular weight excluding hydrogens is 793 g/mol. The summed E-state index contributed by atoms with van der Waals surface area (Å²) in [6.07, 6.45) is 0.0666. The van der Waals surface area contributed by atoms with Crippen LogP contribution in [-0.4, -0.2) is 3.21 Å². The molecule has 0 saturated carbocycles. The summed E-state index contributed by atoms with van der Waals surface area (Å²) < 4.78 is 84.8. The molecule has 0 fully saturated rings. The Morgan fingerprint density at radius 1 is 0.615 bits per heavy atom. The molecule has 0 atom stereocenters. The summed E-state index contributed by atoms with van der Waals surface area (Å²) in [7, 11) is 0. The third-order valence-electron chi connectivity index (χ3n) is 10.0. The average Bonchev–Trinajstić information content (AvgIpc) is 3.66. The predicted octanol–water partition coefficient (Wildman–Crippen LogP) is 5.94. The molecular formula is C43H42Cl2F6Zr. The van der Waals surface area contributed by atoms with Gasteiger partial charge in [-0.25, -0.2) is 0 Å². The molecule has 0 heterocycles. The summed E-state index contributed by atoms with van der Waals surface area (Å²) >= 11 is -3.40. The Morgan fingerprint density at radius 3 is 1.48 bits per heavy atom. The number of rotatable bonds is 4. The van der Waals surface area contributed by atoms with Crippen molar-refractivity contribution in [3.8, 4) is 11.1 Å². The van der Waals surface area contributed by atoms with Gasteiger partial charge in [0.1, 0.15) is 0 Å². The zero-order valence-corrected chi connectivity index (χ0v) is 34.4. The van der Waals surface area contributed by atoms with Gasteiger partial charge in [0.05, 0.1) is 0 Å². The van der Waals surface area contributed by atoms with Crippen molar-refractivity contribution in [2.24, 2.45) is 0 Å². The quantitative estimate of drug-likeness (QED) is 0.197. The maximum atomic E-state index is 13.8. The number of hydrogen-bond acceptors (Lipinski definition) is 0. The second kappa shape index (κ2) is 14.8. The molecule has 4 aromatic carbocycles. The van der Waals surface area contributed by atoms with Crippen LogP contribution in [0.15, 0.2) is 91.0 Å². The fraction of sp³-hybridized carbons (Fsp3) is 0.326. The zero-order chi connectivity index (χ0) is 36.6. The van der Waals surface area contributed by atoms with Crippen LogP contribution in [0, 0.1) is 13.8 Å². The van der Waals surface area contributed by atoms with Crippen LogP contribution in [0.5, 0.6) is 0 Å². The van der Waals surface area contributed by atoms with E-state index in [1.165, 1.54) is 72.0 Å². The molecule has 0 N–H and O–H groups in total. The minimum atomic E-state index is -4.51. The van der Waals surface area contributed by atoms with Gasteiger partial charge >= 0.3 is 301 Å². The first kappa shape index (κ1) is 42.0. The number of hydrogen-bond donors (Lipinski definition) is 0. The Hall–Kier alpha value is -2.73. The molecule has 52 heavy (non-hydrogen) atoms. The Balaban J connectivity index is 0.00000302. The van der Waals surface area contributed by atoms with E-state index in [2.05, 4.69) is 85.7 Å². The van der Waals surface area contributed by atoms with Gasteiger partial charge in [-0.15, -0.1) is 0 Å². The second-order valence-electron chi connectivity index (χ2n) is 15.7. The Labute approximate surface area is 323 Å². The number of aryl methyl sites for hydroxylation is 1. The summed E-state index contributed by atoms with van der Waals surface area (Å²) in [6.45, 7) is 17.6. The van der Waals surface area contributed by atoms with Crippen molar-refractivity contribution in [1.29, 1.82) is 0 Å². The molecule has 0 unspecified atom stereocenters. The van der Waals surface area contributed by atoms with Crippen LogP contribution >= 0.6 is 0 Å². The van der Waals surface area contributed by atoms with Gasteiger partial charge in [0, 0.05) is 0 Å². The van der Waals surface area contributed by atoms with Gasteiger partial charge in [0.2, 0.25) is 0 Å². The summed E-state index contributed by atoms with van der Waals surface area (Å²) in [5, 5.41) is 0. The molecule has 0 aliphatic heterocycles. The van der Waals surface area contributed by atoms with Gasteiger partial charge in [-0.05, 0) is 0 Å². The van der Waals surface area contributed by atoms with Crippen LogP contribution in [-0.2, 0) is 50.9 Å². The number of alkyl halides is 6. The van der Waals surface area contributed by atoms with Gasteiger partial charge in [-0.3, -0.25) is 0 Å². The molecule has 4 aromatic rings. The van der Waals surface area contributed by atoms with Crippen molar-refractivity contribution >= 4 is 6.48 Å². The number of halogens is 8. The van der Waals surface area contributed by atoms with Crippen LogP contribution in [0.4, 0.5) is 26.3 Å². The minimum absolute atomic E-state index is 0. The fourth-order valence-electron chi connectivity index (χ4n) is 7.78. The van der Waals surface area contributed by atoms with E-state index in [-0.39, 0.29) is 39.3 Å². The number of allylic oxidation sites excluding steroid dienone is 4. The molecule has 2 aliphatic rings. The van der Waals surface area contributed by atoms with E-state index in [4.69, 9.17) is 0 Å². The summed E-state index contributed by atoms with van der Waals surface area (Å²) in [5.41, 5.74) is 9.26. The van der Waals surface area contributed by atoms with Crippen LogP contribution in [0.3, 0.4) is 0 Å². The monoisotopic (exact) mass is 832 g/mol. The van der Waals surface area contributed by atoms with E-state index in [9.17, 15) is 26.3 Å². The largest absolute Gasteiger partial charge is 1.00 e. The molecule has 0 nitrogen and oxygen atoms in total. The van der Waals surface area contributed by atoms with E-state index in [1.807, 2.05) is 12.2 Å². The van der Waals surface area contributed by atoms with Crippen molar-refractivity contribution in [2.45, 2.75) is 88.6 Å². The summed E-state index contributed by atoms with van der Waals surface area (Å²) in [4.78, 5) is 0. The van der Waals surface area contributed by atoms with Gasteiger partial charge in [0.15, 0.2) is 0 Å². The van der Waals surface area contributed by atoms with E-state index in [0.29, 0.717) is 11.1 Å². The Bertz CT molecular complexity index is 2000. The fourth-order valence-corrected chi connectivity index (χ4v) is 16.5. The first-order valence-electron chi connectivity index (χ1n) is 16.9. The zero-order valence-electron chi connectivity index (χ0n) is 30.5. The first-order valence-corrected chi connectivity index (χ1v) is 20.8. The van der Waals surface area contributed by atoms with Gasteiger partial charge in [-0.2, -0.15) is 0 Å². The van der Waals surface area contributed by atoms with E-state index in [1.54, 1.807) is 0 Å². The molecule has 0 aromatic heterocycles. The first-order chi connectivity index (χ1) is 23.2. The Kier molecular flexibility index (Phi) is 12.0. The van der Waals surface area contributed by atoms with Crippen LogP contribution in [0.25, 0.3) is 11.1 Å². The van der Waals surface area contributed by atoms with E-state index in [0.717, 1.165) is 33.9 Å². The van der Waals surface area contributed by atoms with Crippen molar-refractivity contribution in [2.75, 3.05) is 0 Å². The maximum Gasteiger partial charge on any atom is -1.00 e. The third-order valence-corrected chi connectivity index (χ3v) is 18.4. The van der Waals surface area contributed by atoms with Crippen LogP contribution < -0.4 is 28.1 Å². The van der Waals surface area contributed by atoms with Crippen molar-refractivity contribution in [3.63, 3.8) is 0 Å². The number of benzene rings is 4. The smallest absolute Gasteiger partial charge is 1.00 e. The molecule has 2 aliphatic carbocycles. The summed E-state index contributed by atoms with van der Waals surface area (Å²) in [5.74, 6) is 0. The molecule has 6 rings (SSSR count). The topological polar surface area (TPSA) is 0 Å². The SMILES string of the molecule is Cc1cc2c(cc1C(C)(C)C)-c1cc(C(C)(C)C)c(C)[c]([Zr+2](=[C](c3ccc(C(F)(F)F)cc3)c3ccc(C(F)(F)F)cc3)[CH]3C=CC=C3)c1C2.[Cl-].[Cl-]. The van der Waals surface area contributed by atoms with Crippen LogP contribution in [0.2, 0.25) is 3.63 Å². The molecule has 274 valence electrons. The molecule has 0 radical (unpaired) electrons. The maximum absolute atomic E-state index is 13.8. The standard InChI is InChI=1S/C23H29.C15H8F6.C5H5.2ClH.Zr/c1-14-9-16-11-17-10-15(2)21(23(6,7)8)13-19(17)18(16)12-20(14)22(3,4)5;16-14(17,18)12-5-1-10(2-6-12)9-11-3-7-13(8-4-11)15(19,20)21;1-2-4-5-3-1;;;/h9,12-13H,11H2,1-8H3;1-8H;1-5H;2*1H;/q;;;;;+2/p-2. The van der Waals surface area contributed by atoms with Gasteiger partial charge in [0.25, 0.3) is 0 Å². The molecule has 0 saturated heterocycles. The van der Waals surface area contributed by atoms with Crippen molar-refractivity contribution < 1.29 is 72.4 Å². The van der Waals surface area contributed by atoms with Gasteiger partial charge < -0.3 is 24.8 Å². The van der Waals surface area contributed by atoms with Crippen molar-refractivity contribution in [3.05, 3.63) is 147 Å². The molecule has 9 heteroatoms. The molecule has 0 spiro atoms. The number of fused-ring (bicyclic) bond motifs is 3. The Morgan fingerprint density at radius 2 is 1.06 bits per heavy atom. The third kappa shape index (κ3) is 8.03. The second-order valence-corrected chi connectivity index (χ2v) is 21.8. The predicted molar refractivity (Wildman–Crippen MR) is 189 cm³/mol. The molecule has 0 amide bonds. The van der Waals surface area contributed by atoms with E-state index < -0.39 is 44.7 Å². The average molecular weight is 835 g/mol. The normalized spacial score (nSPS) is 13.9. The van der Waals surface area contributed by atoms with Gasteiger partial charge in [-0.1, -0.05) is 0 Å². The minimum Gasteiger partial charge on any atom is -1.00 e. The summed E-state index contributed by atoms with van der Waals surface area (Å²) in [6, 6.07) is 17.4. The van der Waals surface area contributed by atoms with Crippen LogP contribution in [0.1, 0.15) is 97.2 Å². The molecule has 0 bridgehead atoms.